The molecule has 0 aliphatic carbocycles. The zero-order valence-electron chi connectivity index (χ0n) is 14.3. The van der Waals surface area contributed by atoms with Crippen molar-refractivity contribution in [2.45, 2.75) is 38.2 Å². The summed E-state index contributed by atoms with van der Waals surface area (Å²) < 4.78 is 79.4. The van der Waals surface area contributed by atoms with Crippen LogP contribution >= 0.6 is 0 Å². The van der Waals surface area contributed by atoms with Gasteiger partial charge in [0.25, 0.3) is 6.17 Å². The Kier molecular flexibility index (Phi) is 6.42. The van der Waals surface area contributed by atoms with Crippen LogP contribution in [0.15, 0.2) is 48.5 Å². The zero-order valence-corrected chi connectivity index (χ0v) is 14.3. The Labute approximate surface area is 153 Å². The van der Waals surface area contributed by atoms with Crippen LogP contribution in [0.4, 0.5) is 26.3 Å². The van der Waals surface area contributed by atoms with Crippen molar-refractivity contribution >= 4 is 0 Å². The van der Waals surface area contributed by atoms with E-state index >= 15 is 0 Å². The van der Waals surface area contributed by atoms with Gasteiger partial charge in [0, 0.05) is 11.1 Å². The van der Waals surface area contributed by atoms with E-state index in [-0.39, 0.29) is 0 Å². The van der Waals surface area contributed by atoms with Gasteiger partial charge in [-0.1, -0.05) is 37.3 Å². The van der Waals surface area contributed by atoms with Crippen molar-refractivity contribution in [2.75, 3.05) is 0 Å². The summed E-state index contributed by atoms with van der Waals surface area (Å²) in [6, 6.07) is 12.2. The Bertz CT molecular complexity index is 798. The van der Waals surface area contributed by atoms with Crippen LogP contribution in [0.2, 0.25) is 0 Å². The van der Waals surface area contributed by atoms with Gasteiger partial charge in [-0.05, 0) is 48.4 Å². The first-order valence-electron chi connectivity index (χ1n) is 8.10. The van der Waals surface area contributed by atoms with Crippen LogP contribution in [0.5, 0.6) is 5.75 Å². The molecule has 2 aromatic rings. The molecule has 0 saturated heterocycles. The van der Waals surface area contributed by atoms with Gasteiger partial charge in [0.05, 0.1) is 0 Å². The molecule has 2 rings (SSSR count). The predicted molar refractivity (Wildman–Crippen MR) is 89.4 cm³/mol. The highest BCUT2D eigenvalue weighted by molar-refractivity contribution is 5.44. The van der Waals surface area contributed by atoms with Crippen LogP contribution in [0, 0.1) is 11.8 Å². The maximum atomic E-state index is 13.2. The van der Waals surface area contributed by atoms with Gasteiger partial charge in [0.2, 0.25) is 0 Å². The quantitative estimate of drug-likeness (QED) is 0.459. The molecule has 0 heterocycles. The number of hydrogen-bond donors (Lipinski definition) is 0. The summed E-state index contributed by atoms with van der Waals surface area (Å²) in [5.74, 6) is 5.09. The minimum atomic E-state index is -5.72. The highest BCUT2D eigenvalue weighted by Gasteiger charge is 2.59. The summed E-state index contributed by atoms with van der Waals surface area (Å²) in [6.45, 7) is 2.08. The number of ether oxygens (including phenoxy) is 1. The summed E-state index contributed by atoms with van der Waals surface area (Å²) in [5, 5.41) is 0. The van der Waals surface area contributed by atoms with Gasteiger partial charge in [0.15, 0.2) is 0 Å². The highest BCUT2D eigenvalue weighted by atomic mass is 19.4. The Morgan fingerprint density at radius 3 is 1.78 bits per heavy atom. The topological polar surface area (TPSA) is 9.23 Å². The highest BCUT2D eigenvalue weighted by Crippen LogP contribution is 2.36. The smallest absolute Gasteiger partial charge is 0.430 e. The molecule has 1 nitrogen and oxygen atoms in total. The third kappa shape index (κ3) is 5.95. The van der Waals surface area contributed by atoms with Crippen LogP contribution < -0.4 is 4.74 Å². The van der Waals surface area contributed by atoms with Crippen molar-refractivity contribution in [3.8, 4) is 17.6 Å². The third-order valence-corrected chi connectivity index (χ3v) is 3.53. The van der Waals surface area contributed by atoms with Crippen molar-refractivity contribution in [3.05, 3.63) is 65.2 Å². The number of alkyl halides is 6. The van der Waals surface area contributed by atoms with Gasteiger partial charge in [-0.3, -0.25) is 0 Å². The second-order valence-electron chi connectivity index (χ2n) is 5.79. The maximum absolute atomic E-state index is 13.2. The molecule has 1 atom stereocenters. The number of rotatable bonds is 5. The first-order valence-corrected chi connectivity index (χ1v) is 8.10. The van der Waals surface area contributed by atoms with Crippen LogP contribution in [0.25, 0.3) is 0 Å². The lowest BCUT2D eigenvalue weighted by Gasteiger charge is -2.23. The second-order valence-corrected chi connectivity index (χ2v) is 5.79. The first kappa shape index (κ1) is 20.7. The van der Waals surface area contributed by atoms with Gasteiger partial charge in [-0.2, -0.15) is 22.0 Å². The molecule has 0 radical (unpaired) electrons. The van der Waals surface area contributed by atoms with E-state index in [1.165, 1.54) is 17.7 Å². The molecule has 0 saturated carbocycles. The fourth-order valence-electron chi connectivity index (χ4n) is 2.19. The summed E-state index contributed by atoms with van der Waals surface area (Å²) in [6.07, 6.45) is -13.2. The van der Waals surface area contributed by atoms with E-state index in [2.05, 4.69) is 23.5 Å². The van der Waals surface area contributed by atoms with E-state index < -0.39 is 24.2 Å². The lowest BCUT2D eigenvalue weighted by molar-refractivity contribution is -0.304. The lowest BCUT2D eigenvalue weighted by Crippen LogP contribution is -2.45. The fraction of sp³-hybridized carbons (Fsp3) is 0.300. The standard InChI is InChI=1S/C20H16F6O/c1-2-3-14-4-6-15(7-5-14)8-9-16-10-12-17(13-11-16)27-20(25,26)18(21)19(22,23)24/h4-7,10-13,18H,2-3H2,1H3. The van der Waals surface area contributed by atoms with Crippen molar-refractivity contribution in [1.82, 2.24) is 0 Å². The van der Waals surface area contributed by atoms with Crippen molar-refractivity contribution in [2.24, 2.45) is 0 Å². The predicted octanol–water partition coefficient (Wildman–Crippen LogP) is 5.91. The fourth-order valence-corrected chi connectivity index (χ4v) is 2.19. The Balaban J connectivity index is 2.05. The van der Waals surface area contributed by atoms with Crippen LogP contribution in [0.1, 0.15) is 30.0 Å². The number of benzene rings is 2. The molecule has 0 aliphatic heterocycles. The van der Waals surface area contributed by atoms with Crippen LogP contribution in [-0.2, 0) is 6.42 Å². The summed E-state index contributed by atoms with van der Waals surface area (Å²) in [7, 11) is 0. The van der Waals surface area contributed by atoms with E-state index in [9.17, 15) is 26.3 Å². The molecule has 0 bridgehead atoms. The number of aryl methyl sites for hydroxylation is 1. The molecule has 144 valence electrons. The molecule has 0 N–H and O–H groups in total. The van der Waals surface area contributed by atoms with Gasteiger partial charge >= 0.3 is 12.3 Å². The van der Waals surface area contributed by atoms with Crippen LogP contribution in [0.3, 0.4) is 0 Å². The summed E-state index contributed by atoms with van der Waals surface area (Å²) >= 11 is 0. The van der Waals surface area contributed by atoms with E-state index in [4.69, 9.17) is 0 Å². The Hall–Kier alpha value is -2.62. The molecular formula is C20H16F6O. The zero-order chi connectivity index (χ0) is 20.1. The molecule has 0 fully saturated rings. The van der Waals surface area contributed by atoms with Gasteiger partial charge < -0.3 is 4.74 Å². The first-order chi connectivity index (χ1) is 12.6. The van der Waals surface area contributed by atoms with Gasteiger partial charge in [-0.25, -0.2) is 4.39 Å². The molecule has 0 aliphatic rings. The largest absolute Gasteiger partial charge is 0.439 e. The minimum Gasteiger partial charge on any atom is -0.430 e. The van der Waals surface area contributed by atoms with E-state index in [1.807, 2.05) is 24.3 Å². The molecule has 2 aromatic carbocycles. The summed E-state index contributed by atoms with van der Waals surface area (Å²) in [5.41, 5.74) is 2.39. The molecule has 0 amide bonds. The molecule has 1 unspecified atom stereocenters. The molecule has 27 heavy (non-hydrogen) atoms. The van der Waals surface area contributed by atoms with E-state index in [0.717, 1.165) is 30.5 Å². The van der Waals surface area contributed by atoms with E-state index in [0.29, 0.717) is 5.56 Å². The maximum Gasteiger partial charge on any atom is 0.439 e. The van der Waals surface area contributed by atoms with Crippen molar-refractivity contribution in [3.63, 3.8) is 0 Å². The number of halogens is 6. The molecular weight excluding hydrogens is 370 g/mol. The number of hydrogen-bond acceptors (Lipinski definition) is 1. The molecule has 0 aromatic heterocycles. The Morgan fingerprint density at radius 2 is 1.33 bits per heavy atom. The lowest BCUT2D eigenvalue weighted by atomic mass is 10.1. The monoisotopic (exact) mass is 386 g/mol. The SMILES string of the molecule is CCCc1ccc(C#Cc2ccc(OC(F)(F)C(F)C(F)(F)F)cc2)cc1. The van der Waals surface area contributed by atoms with E-state index in [1.54, 1.807) is 0 Å². The second kappa shape index (κ2) is 8.38. The van der Waals surface area contributed by atoms with Gasteiger partial charge in [-0.15, -0.1) is 0 Å². The third-order valence-electron chi connectivity index (χ3n) is 3.53. The van der Waals surface area contributed by atoms with Crippen molar-refractivity contribution in [1.29, 1.82) is 0 Å². The molecule has 0 spiro atoms. The average molecular weight is 386 g/mol. The minimum absolute atomic E-state index is 0.441. The van der Waals surface area contributed by atoms with Gasteiger partial charge in [0.1, 0.15) is 5.75 Å². The summed E-state index contributed by atoms with van der Waals surface area (Å²) in [4.78, 5) is 0. The Morgan fingerprint density at radius 1 is 0.852 bits per heavy atom. The molecule has 7 heteroatoms. The normalized spacial score (nSPS) is 12.9. The van der Waals surface area contributed by atoms with Crippen LogP contribution in [-0.4, -0.2) is 18.5 Å². The average Bonchev–Trinajstić information content (AvgIpc) is 2.61. The van der Waals surface area contributed by atoms with Crippen molar-refractivity contribution < 1.29 is 31.1 Å².